The first-order valence-corrected chi connectivity index (χ1v) is 5.87. The fraction of sp³-hybridized carbons (Fsp3) is 0.417. The molecule has 0 fully saturated rings. The lowest BCUT2D eigenvalue weighted by Crippen LogP contribution is -2.29. The number of carbonyl (C=O) groups is 1. The number of carbonyl (C=O) groups excluding carboxylic acids is 1. The SMILES string of the molecule is COC(=O)C(C)(C)Sc1nc(C)ccc1C#N. The van der Waals surface area contributed by atoms with Crippen molar-refractivity contribution in [3.8, 4) is 6.07 Å². The van der Waals surface area contributed by atoms with Gasteiger partial charge in [0.25, 0.3) is 0 Å². The van der Waals surface area contributed by atoms with Crippen molar-refractivity contribution in [3.05, 3.63) is 23.4 Å². The third-order valence-corrected chi connectivity index (χ3v) is 3.33. The number of aromatic nitrogens is 1. The number of pyridine rings is 1. The number of ether oxygens (including phenoxy) is 1. The first-order chi connectivity index (χ1) is 7.90. The number of hydrogen-bond acceptors (Lipinski definition) is 5. The molecule has 0 aliphatic carbocycles. The number of aryl methyl sites for hydroxylation is 1. The monoisotopic (exact) mass is 250 g/mol. The largest absolute Gasteiger partial charge is 0.468 e. The van der Waals surface area contributed by atoms with Gasteiger partial charge in [-0.2, -0.15) is 5.26 Å². The van der Waals surface area contributed by atoms with Crippen LogP contribution in [-0.2, 0) is 9.53 Å². The first kappa shape index (κ1) is 13.5. The van der Waals surface area contributed by atoms with Crippen molar-refractivity contribution < 1.29 is 9.53 Å². The van der Waals surface area contributed by atoms with E-state index in [1.54, 1.807) is 26.0 Å². The molecule has 0 N–H and O–H groups in total. The highest BCUT2D eigenvalue weighted by molar-refractivity contribution is 8.01. The number of nitriles is 1. The Bertz CT molecular complexity index is 478. The molecule has 1 aromatic heterocycles. The molecule has 1 rings (SSSR count). The molecule has 0 saturated carbocycles. The van der Waals surface area contributed by atoms with E-state index in [4.69, 9.17) is 10.00 Å². The third kappa shape index (κ3) is 3.21. The van der Waals surface area contributed by atoms with Crippen LogP contribution in [0.2, 0.25) is 0 Å². The Labute approximate surface area is 105 Å². The Balaban J connectivity index is 3.07. The summed E-state index contributed by atoms with van der Waals surface area (Å²) < 4.78 is 3.96. The minimum Gasteiger partial charge on any atom is -0.468 e. The van der Waals surface area contributed by atoms with Crippen molar-refractivity contribution in [2.24, 2.45) is 0 Å². The zero-order valence-corrected chi connectivity index (χ0v) is 11.1. The van der Waals surface area contributed by atoms with Crippen LogP contribution in [0.25, 0.3) is 0 Å². The van der Waals surface area contributed by atoms with Crippen LogP contribution in [0.1, 0.15) is 25.1 Å². The molecule has 5 heteroatoms. The maximum absolute atomic E-state index is 11.6. The van der Waals surface area contributed by atoms with E-state index in [1.165, 1.54) is 18.9 Å². The van der Waals surface area contributed by atoms with Crippen LogP contribution in [0.15, 0.2) is 17.2 Å². The lowest BCUT2D eigenvalue weighted by molar-refractivity contribution is -0.142. The number of methoxy groups -OCH3 is 1. The topological polar surface area (TPSA) is 63.0 Å². The van der Waals surface area contributed by atoms with Gasteiger partial charge in [-0.1, -0.05) is 11.8 Å². The molecule has 0 aliphatic rings. The molecule has 4 nitrogen and oxygen atoms in total. The minimum absolute atomic E-state index is 0.338. The molecule has 1 aromatic rings. The van der Waals surface area contributed by atoms with Crippen LogP contribution in [0.5, 0.6) is 0 Å². The van der Waals surface area contributed by atoms with Crippen LogP contribution in [0.3, 0.4) is 0 Å². The summed E-state index contributed by atoms with van der Waals surface area (Å²) >= 11 is 1.24. The predicted molar refractivity (Wildman–Crippen MR) is 65.6 cm³/mol. The van der Waals surface area contributed by atoms with E-state index in [9.17, 15) is 4.79 Å². The van der Waals surface area contributed by atoms with Gasteiger partial charge >= 0.3 is 5.97 Å². The molecule has 0 unspecified atom stereocenters. The molecule has 1 heterocycles. The summed E-state index contributed by atoms with van der Waals surface area (Å²) in [7, 11) is 1.35. The molecule has 0 saturated heterocycles. The Morgan fingerprint density at radius 1 is 1.53 bits per heavy atom. The molecule has 0 spiro atoms. The van der Waals surface area contributed by atoms with Crippen LogP contribution >= 0.6 is 11.8 Å². The number of hydrogen-bond donors (Lipinski definition) is 0. The Morgan fingerprint density at radius 3 is 2.71 bits per heavy atom. The second-order valence-corrected chi connectivity index (χ2v) is 5.63. The Morgan fingerprint density at radius 2 is 2.18 bits per heavy atom. The van der Waals surface area contributed by atoms with Gasteiger partial charge in [0.2, 0.25) is 0 Å². The minimum atomic E-state index is -0.763. The van der Waals surface area contributed by atoms with Crippen molar-refractivity contribution in [1.82, 2.24) is 4.98 Å². The molecule has 0 aromatic carbocycles. The molecule has 0 atom stereocenters. The smallest absolute Gasteiger partial charge is 0.321 e. The molecule has 17 heavy (non-hydrogen) atoms. The number of rotatable bonds is 3. The standard InChI is InChI=1S/C12H14N2O2S/c1-8-5-6-9(7-13)10(14-8)17-12(2,3)11(15)16-4/h5-6H,1-4H3. The first-order valence-electron chi connectivity index (χ1n) is 5.06. The summed E-state index contributed by atoms with van der Waals surface area (Å²) in [5.41, 5.74) is 1.28. The molecule has 0 radical (unpaired) electrons. The highest BCUT2D eigenvalue weighted by Gasteiger charge is 2.31. The fourth-order valence-electron chi connectivity index (χ4n) is 1.22. The molecular formula is C12H14N2O2S. The average Bonchev–Trinajstić information content (AvgIpc) is 2.27. The lowest BCUT2D eigenvalue weighted by Gasteiger charge is -2.20. The van der Waals surface area contributed by atoms with E-state index in [2.05, 4.69) is 11.1 Å². The Kier molecular flexibility index (Phi) is 4.13. The van der Waals surface area contributed by atoms with Gasteiger partial charge in [0.15, 0.2) is 0 Å². The normalized spacial score (nSPS) is 10.8. The van der Waals surface area contributed by atoms with E-state index in [0.29, 0.717) is 10.6 Å². The summed E-state index contributed by atoms with van der Waals surface area (Å²) in [6, 6.07) is 5.54. The van der Waals surface area contributed by atoms with E-state index >= 15 is 0 Å². The molecule has 0 amide bonds. The predicted octanol–water partition coefficient (Wildman–Crippen LogP) is 2.31. The van der Waals surface area contributed by atoms with Crippen molar-refractivity contribution in [1.29, 1.82) is 5.26 Å². The summed E-state index contributed by atoms with van der Waals surface area (Å²) in [6.45, 7) is 5.33. The second kappa shape index (κ2) is 5.19. The van der Waals surface area contributed by atoms with Crippen LogP contribution in [0.4, 0.5) is 0 Å². The van der Waals surface area contributed by atoms with Crippen LogP contribution in [-0.4, -0.2) is 22.8 Å². The van der Waals surface area contributed by atoms with E-state index in [-0.39, 0.29) is 5.97 Å². The molecule has 0 bridgehead atoms. The van der Waals surface area contributed by atoms with Crippen molar-refractivity contribution >= 4 is 17.7 Å². The number of esters is 1. The van der Waals surface area contributed by atoms with Crippen LogP contribution in [0, 0.1) is 18.3 Å². The summed E-state index contributed by atoms with van der Waals surface area (Å²) in [5, 5.41) is 9.54. The zero-order valence-electron chi connectivity index (χ0n) is 10.3. The number of thioether (sulfide) groups is 1. The zero-order chi connectivity index (χ0) is 13.1. The highest BCUT2D eigenvalue weighted by Crippen LogP contribution is 2.34. The highest BCUT2D eigenvalue weighted by atomic mass is 32.2. The lowest BCUT2D eigenvalue weighted by atomic mass is 10.2. The maximum atomic E-state index is 11.6. The number of nitrogens with zero attached hydrogens (tertiary/aromatic N) is 2. The van der Waals surface area contributed by atoms with E-state index < -0.39 is 4.75 Å². The van der Waals surface area contributed by atoms with Gasteiger partial charge in [-0.3, -0.25) is 4.79 Å². The van der Waals surface area contributed by atoms with Crippen molar-refractivity contribution in [3.63, 3.8) is 0 Å². The third-order valence-electron chi connectivity index (χ3n) is 2.15. The second-order valence-electron chi connectivity index (χ2n) is 4.02. The van der Waals surface area contributed by atoms with Gasteiger partial charge in [0.1, 0.15) is 15.8 Å². The van der Waals surface area contributed by atoms with Gasteiger partial charge in [0, 0.05) is 5.69 Å². The van der Waals surface area contributed by atoms with Gasteiger partial charge in [-0.15, -0.1) is 0 Å². The van der Waals surface area contributed by atoms with Gasteiger partial charge in [0.05, 0.1) is 12.7 Å². The average molecular weight is 250 g/mol. The fourth-order valence-corrected chi connectivity index (χ4v) is 2.29. The maximum Gasteiger partial charge on any atom is 0.321 e. The quantitative estimate of drug-likeness (QED) is 0.608. The van der Waals surface area contributed by atoms with E-state index in [0.717, 1.165) is 5.69 Å². The van der Waals surface area contributed by atoms with Crippen molar-refractivity contribution in [2.75, 3.05) is 7.11 Å². The van der Waals surface area contributed by atoms with Gasteiger partial charge in [-0.05, 0) is 32.9 Å². The summed E-state index contributed by atoms with van der Waals surface area (Å²) in [4.78, 5) is 15.8. The van der Waals surface area contributed by atoms with Gasteiger partial charge in [-0.25, -0.2) is 4.98 Å². The molecule has 0 aliphatic heterocycles. The van der Waals surface area contributed by atoms with Gasteiger partial charge < -0.3 is 4.74 Å². The Hall–Kier alpha value is -1.54. The van der Waals surface area contributed by atoms with E-state index in [1.807, 2.05) is 6.92 Å². The molecule has 90 valence electrons. The summed E-state index contributed by atoms with van der Waals surface area (Å²) in [6.07, 6.45) is 0. The summed E-state index contributed by atoms with van der Waals surface area (Å²) in [5.74, 6) is -0.338. The van der Waals surface area contributed by atoms with Crippen LogP contribution < -0.4 is 0 Å². The molecular weight excluding hydrogens is 236 g/mol. The van der Waals surface area contributed by atoms with Crippen molar-refractivity contribution in [2.45, 2.75) is 30.5 Å².